The van der Waals surface area contributed by atoms with Crippen LogP contribution in [0.25, 0.3) is 0 Å². The van der Waals surface area contributed by atoms with Crippen molar-refractivity contribution in [1.82, 2.24) is 9.97 Å². The molecule has 17 heavy (non-hydrogen) atoms. The number of nitrogens with zero attached hydrogens (tertiary/aromatic N) is 1. The summed E-state index contributed by atoms with van der Waals surface area (Å²) in [6.45, 7) is 2.11. The third-order valence-electron chi connectivity index (χ3n) is 1.87. The molecule has 0 unspecified atom stereocenters. The van der Waals surface area contributed by atoms with Crippen LogP contribution in [0.4, 0.5) is 0 Å². The maximum Gasteiger partial charge on any atom is 0.268 e. The van der Waals surface area contributed by atoms with E-state index in [1.165, 1.54) is 6.33 Å². The number of methoxy groups -OCH3 is 1. The van der Waals surface area contributed by atoms with Crippen LogP contribution >= 0.6 is 15.9 Å². The van der Waals surface area contributed by atoms with Gasteiger partial charge in [0.25, 0.3) is 5.56 Å². The molecule has 0 amide bonds. The first-order valence-corrected chi connectivity index (χ1v) is 5.97. The van der Waals surface area contributed by atoms with E-state index in [9.17, 15) is 4.79 Å². The summed E-state index contributed by atoms with van der Waals surface area (Å²) in [7, 11) is 1.65. The smallest absolute Gasteiger partial charge is 0.268 e. The predicted octanol–water partition coefficient (Wildman–Crippen LogP) is 0.964. The van der Waals surface area contributed by atoms with E-state index in [0.29, 0.717) is 30.9 Å². The SMILES string of the molecule is COCCCOCCOc1nc[nH]c(=O)c1Br. The van der Waals surface area contributed by atoms with E-state index < -0.39 is 0 Å². The maximum atomic E-state index is 11.2. The van der Waals surface area contributed by atoms with Crippen molar-refractivity contribution in [2.24, 2.45) is 0 Å². The van der Waals surface area contributed by atoms with E-state index in [-0.39, 0.29) is 11.4 Å². The van der Waals surface area contributed by atoms with E-state index in [4.69, 9.17) is 14.2 Å². The van der Waals surface area contributed by atoms with Gasteiger partial charge in [0.1, 0.15) is 11.1 Å². The van der Waals surface area contributed by atoms with Gasteiger partial charge in [-0.1, -0.05) is 0 Å². The van der Waals surface area contributed by atoms with Crippen LogP contribution in [-0.2, 0) is 9.47 Å². The highest BCUT2D eigenvalue weighted by molar-refractivity contribution is 9.10. The number of aromatic amines is 1. The third-order valence-corrected chi connectivity index (χ3v) is 2.57. The lowest BCUT2D eigenvalue weighted by Gasteiger charge is -2.06. The van der Waals surface area contributed by atoms with Crippen molar-refractivity contribution >= 4 is 15.9 Å². The van der Waals surface area contributed by atoms with Crippen LogP contribution < -0.4 is 10.3 Å². The monoisotopic (exact) mass is 306 g/mol. The van der Waals surface area contributed by atoms with Gasteiger partial charge >= 0.3 is 0 Å². The Bertz CT molecular complexity index is 383. The molecule has 1 rings (SSSR count). The quantitative estimate of drug-likeness (QED) is 0.724. The lowest BCUT2D eigenvalue weighted by Crippen LogP contribution is -2.13. The Morgan fingerprint density at radius 3 is 2.94 bits per heavy atom. The number of halogens is 1. The van der Waals surface area contributed by atoms with Crippen LogP contribution in [0.3, 0.4) is 0 Å². The normalized spacial score (nSPS) is 10.5. The largest absolute Gasteiger partial charge is 0.474 e. The van der Waals surface area contributed by atoms with Gasteiger partial charge in [-0.25, -0.2) is 4.98 Å². The van der Waals surface area contributed by atoms with Crippen LogP contribution in [0.1, 0.15) is 6.42 Å². The molecule has 1 heterocycles. The minimum absolute atomic E-state index is 0.268. The van der Waals surface area contributed by atoms with Gasteiger partial charge in [0, 0.05) is 20.3 Å². The molecule has 0 radical (unpaired) electrons. The molecule has 0 aromatic carbocycles. The lowest BCUT2D eigenvalue weighted by molar-refractivity contribution is 0.0793. The molecule has 0 spiro atoms. The fourth-order valence-corrected chi connectivity index (χ4v) is 1.40. The van der Waals surface area contributed by atoms with Crippen molar-refractivity contribution in [3.8, 4) is 5.88 Å². The number of H-pyrrole nitrogens is 1. The summed E-state index contributed by atoms with van der Waals surface area (Å²) in [5.41, 5.74) is -0.268. The first-order chi connectivity index (χ1) is 8.25. The summed E-state index contributed by atoms with van der Waals surface area (Å²) >= 11 is 3.09. The lowest BCUT2D eigenvalue weighted by atomic mass is 10.5. The molecule has 7 heteroatoms. The molecule has 0 aliphatic rings. The van der Waals surface area contributed by atoms with Crippen molar-refractivity contribution in [3.05, 3.63) is 21.2 Å². The molecule has 0 bridgehead atoms. The van der Waals surface area contributed by atoms with Gasteiger partial charge in [-0.05, 0) is 22.4 Å². The summed E-state index contributed by atoms with van der Waals surface area (Å²) in [5.74, 6) is 0.272. The number of hydrogen-bond donors (Lipinski definition) is 1. The van der Waals surface area contributed by atoms with Gasteiger partial charge in [0.2, 0.25) is 5.88 Å². The minimum atomic E-state index is -0.268. The van der Waals surface area contributed by atoms with E-state index in [0.717, 1.165) is 6.42 Å². The van der Waals surface area contributed by atoms with E-state index in [1.807, 2.05) is 0 Å². The van der Waals surface area contributed by atoms with Crippen LogP contribution in [0.15, 0.2) is 15.6 Å². The zero-order chi connectivity index (χ0) is 12.5. The number of hydrogen-bond acceptors (Lipinski definition) is 5. The number of ether oxygens (including phenoxy) is 3. The number of rotatable bonds is 8. The molecule has 1 aromatic heterocycles. The Balaban J connectivity index is 2.18. The fraction of sp³-hybridized carbons (Fsp3) is 0.600. The topological polar surface area (TPSA) is 73.4 Å². The van der Waals surface area contributed by atoms with Gasteiger partial charge in [-0.3, -0.25) is 4.79 Å². The maximum absolute atomic E-state index is 11.2. The Morgan fingerprint density at radius 1 is 1.35 bits per heavy atom. The van der Waals surface area contributed by atoms with Crippen molar-refractivity contribution in [2.75, 3.05) is 33.5 Å². The summed E-state index contributed by atoms with van der Waals surface area (Å²) < 4.78 is 15.8. The highest BCUT2D eigenvalue weighted by Gasteiger charge is 2.05. The first kappa shape index (κ1) is 14.1. The molecule has 0 fully saturated rings. The standard InChI is InChI=1S/C10H15BrN2O4/c1-15-3-2-4-16-5-6-17-10-8(11)9(14)12-7-13-10/h7H,2-6H2,1H3,(H,12,13,14). The molecule has 6 nitrogen and oxygen atoms in total. The summed E-state index contributed by atoms with van der Waals surface area (Å²) in [4.78, 5) is 17.5. The van der Waals surface area contributed by atoms with Gasteiger partial charge < -0.3 is 19.2 Å². The third kappa shape index (κ3) is 5.29. The second-order valence-corrected chi connectivity index (χ2v) is 3.95. The Hall–Kier alpha value is -0.920. The predicted molar refractivity (Wildman–Crippen MR) is 65.4 cm³/mol. The highest BCUT2D eigenvalue weighted by atomic mass is 79.9. The molecule has 96 valence electrons. The van der Waals surface area contributed by atoms with E-state index >= 15 is 0 Å². The molecule has 0 saturated carbocycles. The minimum Gasteiger partial charge on any atom is -0.474 e. The highest BCUT2D eigenvalue weighted by Crippen LogP contribution is 2.15. The molecule has 1 N–H and O–H groups in total. The number of aromatic nitrogens is 2. The van der Waals surface area contributed by atoms with E-state index in [1.54, 1.807) is 7.11 Å². The van der Waals surface area contributed by atoms with Crippen molar-refractivity contribution in [2.45, 2.75) is 6.42 Å². The summed E-state index contributed by atoms with van der Waals surface area (Å²) in [6, 6.07) is 0. The molecular formula is C10H15BrN2O4. The van der Waals surface area contributed by atoms with Crippen LogP contribution in [0, 0.1) is 0 Å². The summed E-state index contributed by atoms with van der Waals surface area (Å²) in [6.07, 6.45) is 2.14. The van der Waals surface area contributed by atoms with Crippen LogP contribution in [-0.4, -0.2) is 43.5 Å². The van der Waals surface area contributed by atoms with Gasteiger partial charge in [-0.15, -0.1) is 0 Å². The van der Waals surface area contributed by atoms with Crippen molar-refractivity contribution < 1.29 is 14.2 Å². The molecular weight excluding hydrogens is 292 g/mol. The average Bonchev–Trinajstić information content (AvgIpc) is 2.33. The Kier molecular flexibility index (Phi) is 6.83. The molecule has 0 aliphatic heterocycles. The van der Waals surface area contributed by atoms with Gasteiger partial charge in [0.15, 0.2) is 0 Å². The van der Waals surface area contributed by atoms with Crippen molar-refractivity contribution in [3.63, 3.8) is 0 Å². The second-order valence-electron chi connectivity index (χ2n) is 3.16. The van der Waals surface area contributed by atoms with E-state index in [2.05, 4.69) is 25.9 Å². The Morgan fingerprint density at radius 2 is 2.18 bits per heavy atom. The second kappa shape index (κ2) is 8.21. The molecule has 0 aliphatic carbocycles. The zero-order valence-corrected chi connectivity index (χ0v) is 11.2. The first-order valence-electron chi connectivity index (χ1n) is 5.18. The number of nitrogens with one attached hydrogen (secondary N) is 1. The molecule has 1 aromatic rings. The fourth-order valence-electron chi connectivity index (χ4n) is 1.07. The van der Waals surface area contributed by atoms with Crippen LogP contribution in [0.5, 0.6) is 5.88 Å². The van der Waals surface area contributed by atoms with Gasteiger partial charge in [0.05, 0.1) is 12.9 Å². The zero-order valence-electron chi connectivity index (χ0n) is 9.57. The van der Waals surface area contributed by atoms with Crippen LogP contribution in [0.2, 0.25) is 0 Å². The van der Waals surface area contributed by atoms with Crippen molar-refractivity contribution in [1.29, 1.82) is 0 Å². The summed E-state index contributed by atoms with van der Waals surface area (Å²) in [5, 5.41) is 0. The van der Waals surface area contributed by atoms with Gasteiger partial charge in [-0.2, -0.15) is 0 Å². The average molecular weight is 307 g/mol. The Labute approximate surface area is 107 Å². The molecule has 0 saturated heterocycles. The molecule has 0 atom stereocenters.